The summed E-state index contributed by atoms with van der Waals surface area (Å²) in [5, 5.41) is 6.29. The van der Waals surface area contributed by atoms with Crippen molar-refractivity contribution in [2.24, 2.45) is 22.7 Å². The highest BCUT2D eigenvalue weighted by Crippen LogP contribution is 2.55. The second-order valence-corrected chi connectivity index (χ2v) is 6.35. The second-order valence-electron chi connectivity index (χ2n) is 6.35. The zero-order chi connectivity index (χ0) is 13.5. The summed E-state index contributed by atoms with van der Waals surface area (Å²) in [4.78, 5) is 0. The summed E-state index contributed by atoms with van der Waals surface area (Å²) >= 11 is 0. The maximum absolute atomic E-state index is 6.47. The first-order valence-corrected chi connectivity index (χ1v) is 7.15. The fraction of sp³-hybridized carbons (Fsp3) is 0.800. The van der Waals surface area contributed by atoms with Crippen LogP contribution in [0.15, 0.2) is 16.4 Å². The van der Waals surface area contributed by atoms with Crippen molar-refractivity contribution in [2.75, 3.05) is 0 Å². The number of hydrazone groups is 1. The fourth-order valence-electron chi connectivity index (χ4n) is 3.61. The monoisotopic (exact) mass is 249 g/mol. The number of hydrogen-bond acceptors (Lipinski definition) is 3. The summed E-state index contributed by atoms with van der Waals surface area (Å²) in [6.07, 6.45) is 4.52. The molecule has 1 fully saturated rings. The lowest BCUT2D eigenvalue weighted by atomic mass is 9.94. The van der Waals surface area contributed by atoms with E-state index >= 15 is 0 Å². The highest BCUT2D eigenvalue weighted by molar-refractivity contribution is 5.26. The smallest absolute Gasteiger partial charge is 0.0465 e. The number of fused-ring (bicyclic) bond motifs is 1. The standard InChI is InChI=1S/C15H27N3/c1-10(2)18(17-5)14-7-6-13-12(4)15(13,16)9-8-11(14)3/h10,12-13H,5-9,16H2,1-4H3/b14-11+. The van der Waals surface area contributed by atoms with Gasteiger partial charge < -0.3 is 5.73 Å². The quantitative estimate of drug-likeness (QED) is 0.617. The molecule has 3 atom stereocenters. The first-order chi connectivity index (χ1) is 8.41. The van der Waals surface area contributed by atoms with E-state index in [1.807, 2.05) is 0 Å². The molecule has 1 saturated carbocycles. The SMILES string of the molecule is C=NN(/C1=C(\C)CCC2(N)C(C)C2CC1)C(C)C. The molecule has 3 unspecified atom stereocenters. The van der Waals surface area contributed by atoms with E-state index in [-0.39, 0.29) is 5.54 Å². The van der Waals surface area contributed by atoms with Gasteiger partial charge in [-0.1, -0.05) is 12.5 Å². The van der Waals surface area contributed by atoms with Gasteiger partial charge in [-0.3, -0.25) is 5.01 Å². The average molecular weight is 249 g/mol. The molecule has 0 aliphatic heterocycles. The summed E-state index contributed by atoms with van der Waals surface area (Å²) in [6, 6.07) is 0.381. The third kappa shape index (κ3) is 2.09. The Morgan fingerprint density at radius 3 is 2.67 bits per heavy atom. The summed E-state index contributed by atoms with van der Waals surface area (Å²) < 4.78 is 0. The molecule has 2 N–H and O–H groups in total. The first kappa shape index (κ1) is 13.6. The largest absolute Gasteiger partial charge is 0.325 e. The molecule has 0 spiro atoms. The van der Waals surface area contributed by atoms with E-state index in [4.69, 9.17) is 5.73 Å². The van der Waals surface area contributed by atoms with E-state index in [1.165, 1.54) is 17.7 Å². The number of rotatable bonds is 3. The molecule has 0 heterocycles. The van der Waals surface area contributed by atoms with Crippen molar-refractivity contribution in [1.82, 2.24) is 5.01 Å². The molecule has 18 heavy (non-hydrogen) atoms. The van der Waals surface area contributed by atoms with Crippen molar-refractivity contribution in [3.63, 3.8) is 0 Å². The van der Waals surface area contributed by atoms with E-state index in [0.29, 0.717) is 17.9 Å². The molecular formula is C15H27N3. The van der Waals surface area contributed by atoms with E-state index in [1.54, 1.807) is 0 Å². The van der Waals surface area contributed by atoms with Crippen LogP contribution in [0.3, 0.4) is 0 Å². The maximum atomic E-state index is 6.47. The molecule has 0 amide bonds. The van der Waals surface area contributed by atoms with Crippen LogP contribution in [0, 0.1) is 11.8 Å². The minimum absolute atomic E-state index is 0.122. The lowest BCUT2D eigenvalue weighted by molar-refractivity contribution is 0.278. The zero-order valence-electron chi connectivity index (χ0n) is 12.2. The van der Waals surface area contributed by atoms with Crippen LogP contribution in [-0.4, -0.2) is 23.3 Å². The van der Waals surface area contributed by atoms with Crippen LogP contribution in [0.4, 0.5) is 0 Å². The molecule has 2 aliphatic carbocycles. The molecule has 2 aliphatic rings. The van der Waals surface area contributed by atoms with Crippen LogP contribution in [0.1, 0.15) is 53.4 Å². The van der Waals surface area contributed by atoms with Gasteiger partial charge in [-0.25, -0.2) is 0 Å². The minimum Gasteiger partial charge on any atom is -0.325 e. The summed E-state index contributed by atoms with van der Waals surface area (Å²) in [5.41, 5.74) is 9.41. The Labute approximate surface area is 111 Å². The Morgan fingerprint density at radius 2 is 2.11 bits per heavy atom. The molecule has 0 saturated heterocycles. The lowest BCUT2D eigenvalue weighted by Crippen LogP contribution is -2.30. The average Bonchev–Trinajstić information content (AvgIpc) is 2.81. The Hall–Kier alpha value is -0.830. The van der Waals surface area contributed by atoms with Gasteiger partial charge in [0.25, 0.3) is 0 Å². The van der Waals surface area contributed by atoms with Crippen molar-refractivity contribution in [2.45, 2.75) is 65.0 Å². The summed E-state index contributed by atoms with van der Waals surface area (Å²) in [6.45, 7) is 12.6. The predicted octanol–water partition coefficient (Wildman–Crippen LogP) is 3.12. The van der Waals surface area contributed by atoms with Crippen LogP contribution in [0.2, 0.25) is 0 Å². The summed E-state index contributed by atoms with van der Waals surface area (Å²) in [7, 11) is 0. The Kier molecular flexibility index (Phi) is 3.54. The number of hydrogen-bond donors (Lipinski definition) is 1. The van der Waals surface area contributed by atoms with Gasteiger partial charge in [0.15, 0.2) is 0 Å². The zero-order valence-corrected chi connectivity index (χ0v) is 12.2. The fourth-order valence-corrected chi connectivity index (χ4v) is 3.61. The van der Waals surface area contributed by atoms with Gasteiger partial charge in [0, 0.05) is 24.0 Å². The molecule has 102 valence electrons. The number of nitrogens with zero attached hydrogens (tertiary/aromatic N) is 2. The molecule has 0 aromatic carbocycles. The normalized spacial score (nSPS) is 39.9. The predicted molar refractivity (Wildman–Crippen MR) is 77.3 cm³/mol. The van der Waals surface area contributed by atoms with Gasteiger partial charge in [-0.05, 0) is 58.3 Å². The van der Waals surface area contributed by atoms with Gasteiger partial charge in [0.05, 0.1) is 0 Å². The van der Waals surface area contributed by atoms with E-state index in [2.05, 4.69) is 44.5 Å². The first-order valence-electron chi connectivity index (χ1n) is 7.15. The molecular weight excluding hydrogens is 222 g/mol. The molecule has 3 nitrogen and oxygen atoms in total. The van der Waals surface area contributed by atoms with Gasteiger partial charge >= 0.3 is 0 Å². The lowest BCUT2D eigenvalue weighted by Gasteiger charge is -2.29. The van der Waals surface area contributed by atoms with Crippen LogP contribution < -0.4 is 5.73 Å². The van der Waals surface area contributed by atoms with Crippen molar-refractivity contribution < 1.29 is 0 Å². The Morgan fingerprint density at radius 1 is 1.44 bits per heavy atom. The topological polar surface area (TPSA) is 41.6 Å². The molecule has 0 aromatic rings. The molecule has 2 rings (SSSR count). The van der Waals surface area contributed by atoms with Gasteiger partial charge in [0.2, 0.25) is 0 Å². The van der Waals surface area contributed by atoms with Crippen LogP contribution in [0.5, 0.6) is 0 Å². The summed E-state index contributed by atoms with van der Waals surface area (Å²) in [5.74, 6) is 1.40. The van der Waals surface area contributed by atoms with Crippen molar-refractivity contribution in [3.05, 3.63) is 11.3 Å². The van der Waals surface area contributed by atoms with Crippen LogP contribution >= 0.6 is 0 Å². The molecule has 0 radical (unpaired) electrons. The highest BCUT2D eigenvalue weighted by Gasteiger charge is 2.58. The second kappa shape index (κ2) is 4.69. The minimum atomic E-state index is 0.122. The van der Waals surface area contributed by atoms with E-state index < -0.39 is 0 Å². The van der Waals surface area contributed by atoms with Gasteiger partial charge in [0.1, 0.15) is 0 Å². The Bertz CT molecular complexity index is 372. The van der Waals surface area contributed by atoms with Crippen LogP contribution in [0.25, 0.3) is 0 Å². The van der Waals surface area contributed by atoms with Gasteiger partial charge in [-0.2, -0.15) is 5.10 Å². The van der Waals surface area contributed by atoms with E-state index in [9.17, 15) is 0 Å². The van der Waals surface area contributed by atoms with Crippen molar-refractivity contribution in [1.29, 1.82) is 0 Å². The Balaban J connectivity index is 2.18. The van der Waals surface area contributed by atoms with Gasteiger partial charge in [-0.15, -0.1) is 0 Å². The third-order valence-corrected chi connectivity index (χ3v) is 5.07. The number of nitrogens with two attached hydrogens (primary N) is 1. The maximum Gasteiger partial charge on any atom is 0.0465 e. The highest BCUT2D eigenvalue weighted by atomic mass is 15.5. The van der Waals surface area contributed by atoms with E-state index in [0.717, 1.165) is 19.3 Å². The number of allylic oxidation sites excluding steroid dienone is 2. The van der Waals surface area contributed by atoms with Crippen molar-refractivity contribution >= 4 is 6.72 Å². The molecule has 3 heteroatoms. The van der Waals surface area contributed by atoms with Crippen molar-refractivity contribution in [3.8, 4) is 0 Å². The molecule has 0 bridgehead atoms. The third-order valence-electron chi connectivity index (χ3n) is 5.07. The molecule has 0 aromatic heterocycles. The van der Waals surface area contributed by atoms with Crippen LogP contribution in [-0.2, 0) is 0 Å².